The first kappa shape index (κ1) is 29.1. The molecule has 2 unspecified atom stereocenters. The van der Waals surface area contributed by atoms with Crippen LogP contribution in [0.2, 0.25) is 0 Å². The van der Waals surface area contributed by atoms with Gasteiger partial charge >= 0.3 is 25.5 Å². The Morgan fingerprint density at radius 1 is 1.22 bits per heavy atom. The third-order valence-electron chi connectivity index (χ3n) is 5.81. The zero-order valence-electron chi connectivity index (χ0n) is 20.5. The molecule has 1 heterocycles. The number of cyclic esters (lactones) is 1. The van der Waals surface area contributed by atoms with E-state index >= 15 is 0 Å². The lowest BCUT2D eigenvalue weighted by atomic mass is 9.93. The first-order chi connectivity index (χ1) is 16.8. The van der Waals surface area contributed by atoms with Crippen LogP contribution in [0.1, 0.15) is 53.7 Å². The number of hydrogen-bond donors (Lipinski definition) is 4. The van der Waals surface area contributed by atoms with Crippen LogP contribution >= 0.6 is 7.60 Å². The summed E-state index contributed by atoms with van der Waals surface area (Å²) in [6, 6.07) is 0. The first-order valence-electron chi connectivity index (χ1n) is 11.1. The minimum Gasteiger partial charge on any atom is -0.507 e. The molecule has 1 aliphatic rings. The van der Waals surface area contributed by atoms with Crippen molar-refractivity contribution in [3.8, 4) is 11.5 Å². The molecule has 11 nitrogen and oxygen atoms in total. The first-order valence-corrected chi connectivity index (χ1v) is 12.9. The SMILES string of the molecule is COc1c(C)c2c(c(O)c1CC=C(C)CC(CC=CCP(=O)(O)O[C@@H](C)C(=O)O)C(=O)O)C(=O)OC2. The van der Waals surface area contributed by atoms with Gasteiger partial charge < -0.3 is 29.7 Å². The van der Waals surface area contributed by atoms with Gasteiger partial charge in [-0.3, -0.25) is 13.9 Å². The van der Waals surface area contributed by atoms with E-state index in [1.165, 1.54) is 19.3 Å². The molecule has 0 saturated carbocycles. The summed E-state index contributed by atoms with van der Waals surface area (Å²) in [5.74, 6) is -3.66. The normalized spacial score (nSPS) is 16.8. The number of allylic oxidation sites excluding steroid dienone is 4. The molecular weight excluding hydrogens is 495 g/mol. The minimum absolute atomic E-state index is 0.0589. The molecule has 198 valence electrons. The Labute approximate surface area is 208 Å². The van der Waals surface area contributed by atoms with E-state index in [9.17, 15) is 34.1 Å². The highest BCUT2D eigenvalue weighted by atomic mass is 31.2. The zero-order valence-corrected chi connectivity index (χ0v) is 21.4. The van der Waals surface area contributed by atoms with E-state index < -0.39 is 43.7 Å². The van der Waals surface area contributed by atoms with Gasteiger partial charge in [-0.25, -0.2) is 9.59 Å². The summed E-state index contributed by atoms with van der Waals surface area (Å²) in [6.45, 7) is 4.70. The Hall–Kier alpha value is -3.14. The summed E-state index contributed by atoms with van der Waals surface area (Å²) in [5, 5.41) is 29.0. The molecule has 0 spiro atoms. The van der Waals surface area contributed by atoms with Gasteiger partial charge in [-0.15, -0.1) is 0 Å². The number of fused-ring (bicyclic) bond motifs is 1. The van der Waals surface area contributed by atoms with Gasteiger partial charge in [0.1, 0.15) is 23.7 Å². The summed E-state index contributed by atoms with van der Waals surface area (Å²) in [6.07, 6.45) is 2.99. The molecule has 0 fully saturated rings. The number of benzene rings is 1. The molecule has 1 aromatic rings. The van der Waals surface area contributed by atoms with Crippen molar-refractivity contribution < 1.29 is 53.2 Å². The van der Waals surface area contributed by atoms with Crippen molar-refractivity contribution in [3.63, 3.8) is 0 Å². The van der Waals surface area contributed by atoms with E-state index in [2.05, 4.69) is 4.52 Å². The van der Waals surface area contributed by atoms with Gasteiger partial charge in [0.25, 0.3) is 0 Å². The number of carbonyl (C=O) groups is 3. The fourth-order valence-electron chi connectivity index (χ4n) is 3.85. The van der Waals surface area contributed by atoms with Crippen molar-refractivity contribution in [2.45, 2.75) is 52.7 Å². The molecule has 12 heteroatoms. The van der Waals surface area contributed by atoms with Gasteiger partial charge in [0.2, 0.25) is 0 Å². The number of hydrogen-bond acceptors (Lipinski definition) is 8. The molecule has 2 rings (SSSR count). The minimum atomic E-state index is -4.18. The maximum atomic E-state index is 12.0. The van der Waals surface area contributed by atoms with Crippen molar-refractivity contribution in [2.24, 2.45) is 5.92 Å². The van der Waals surface area contributed by atoms with Crippen LogP contribution < -0.4 is 4.74 Å². The predicted octanol–water partition coefficient (Wildman–Crippen LogP) is 3.58. The molecule has 0 amide bonds. The Morgan fingerprint density at radius 2 is 1.89 bits per heavy atom. The van der Waals surface area contributed by atoms with E-state index in [4.69, 9.17) is 14.6 Å². The lowest BCUT2D eigenvalue weighted by Crippen LogP contribution is -2.18. The largest absolute Gasteiger partial charge is 0.507 e. The third-order valence-corrected chi connectivity index (χ3v) is 7.13. The van der Waals surface area contributed by atoms with Gasteiger partial charge in [-0.1, -0.05) is 23.8 Å². The number of carboxylic acid groups (broad SMARTS) is 2. The number of phenolic OH excluding ortho intramolecular Hbond substituents is 1. The monoisotopic (exact) mass is 526 g/mol. The summed E-state index contributed by atoms with van der Waals surface area (Å²) < 4.78 is 27.1. The smallest absolute Gasteiger partial charge is 0.342 e. The fourth-order valence-corrected chi connectivity index (χ4v) is 4.94. The van der Waals surface area contributed by atoms with E-state index in [-0.39, 0.29) is 37.2 Å². The third kappa shape index (κ3) is 7.19. The van der Waals surface area contributed by atoms with Crippen LogP contribution in [0.15, 0.2) is 23.8 Å². The Bertz CT molecular complexity index is 1140. The Kier molecular flexibility index (Phi) is 9.86. The summed E-state index contributed by atoms with van der Waals surface area (Å²) >= 11 is 0. The Balaban J connectivity index is 2.09. The highest BCUT2D eigenvalue weighted by molar-refractivity contribution is 7.53. The standard InChI is InChI=1S/C24H31O11P/c1-13(8-9-17-20(25)19-18(12-34-24(19)30)14(2)21(17)33-4)11-16(23(28)29)7-5-6-10-36(31,32)35-15(3)22(26)27/h5-6,8,15-16,25H,7,9-12H2,1-4H3,(H,26,27)(H,28,29)(H,31,32)/t15-,16?/m0/s1. The van der Waals surface area contributed by atoms with E-state index in [1.54, 1.807) is 19.9 Å². The molecule has 1 aliphatic heterocycles. The van der Waals surface area contributed by atoms with E-state index in [0.717, 1.165) is 6.92 Å². The number of aliphatic carboxylic acids is 2. The maximum absolute atomic E-state index is 12.0. The van der Waals surface area contributed by atoms with Crippen molar-refractivity contribution in [1.82, 2.24) is 0 Å². The second-order valence-electron chi connectivity index (χ2n) is 8.52. The zero-order chi connectivity index (χ0) is 27.2. The van der Waals surface area contributed by atoms with Gasteiger partial charge in [0, 0.05) is 11.1 Å². The molecule has 0 radical (unpaired) electrons. The van der Waals surface area contributed by atoms with Gasteiger partial charge in [-0.2, -0.15) is 0 Å². The number of carbonyl (C=O) groups excluding carboxylic acids is 1. The van der Waals surface area contributed by atoms with Crippen LogP contribution in [0.25, 0.3) is 0 Å². The lowest BCUT2D eigenvalue weighted by Gasteiger charge is -2.16. The number of aromatic hydroxyl groups is 1. The molecule has 3 atom stereocenters. The molecular formula is C24H31O11P. The van der Waals surface area contributed by atoms with Gasteiger partial charge in [-0.05, 0) is 45.6 Å². The van der Waals surface area contributed by atoms with Crippen LogP contribution in [-0.4, -0.2) is 57.5 Å². The maximum Gasteiger partial charge on any atom is 0.342 e. The summed E-state index contributed by atoms with van der Waals surface area (Å²) in [5.41, 5.74) is 2.49. The molecule has 36 heavy (non-hydrogen) atoms. The van der Waals surface area contributed by atoms with Crippen molar-refractivity contribution in [1.29, 1.82) is 0 Å². The quantitative estimate of drug-likeness (QED) is 0.168. The summed E-state index contributed by atoms with van der Waals surface area (Å²) in [4.78, 5) is 44.2. The number of ether oxygens (including phenoxy) is 2. The van der Waals surface area contributed by atoms with Gasteiger partial charge in [0.05, 0.1) is 19.2 Å². The number of rotatable bonds is 13. The molecule has 0 saturated heterocycles. The van der Waals surface area contributed by atoms with Crippen molar-refractivity contribution in [3.05, 3.63) is 46.1 Å². The molecule has 0 bridgehead atoms. The molecule has 1 aromatic carbocycles. The number of methoxy groups -OCH3 is 1. The van der Waals surface area contributed by atoms with Crippen molar-refractivity contribution >= 4 is 25.5 Å². The fraction of sp³-hybridized carbons (Fsp3) is 0.458. The van der Waals surface area contributed by atoms with E-state index in [1.807, 2.05) is 0 Å². The second-order valence-corrected chi connectivity index (χ2v) is 10.4. The average Bonchev–Trinajstić information content (AvgIpc) is 3.18. The number of carboxylic acids is 2. The van der Waals surface area contributed by atoms with E-state index in [0.29, 0.717) is 28.0 Å². The van der Waals surface area contributed by atoms with Crippen molar-refractivity contribution in [2.75, 3.05) is 13.3 Å². The second kappa shape index (κ2) is 12.2. The highest BCUT2D eigenvalue weighted by Crippen LogP contribution is 2.43. The number of esters is 1. The van der Waals surface area contributed by atoms with Crippen LogP contribution in [0.3, 0.4) is 0 Å². The van der Waals surface area contributed by atoms with Crippen LogP contribution in [0, 0.1) is 12.8 Å². The van der Waals surface area contributed by atoms with Crippen LogP contribution in [-0.2, 0) is 36.4 Å². The predicted molar refractivity (Wildman–Crippen MR) is 128 cm³/mol. The molecule has 0 aromatic heterocycles. The molecule has 4 N–H and O–H groups in total. The Morgan fingerprint density at radius 3 is 2.47 bits per heavy atom. The molecule has 0 aliphatic carbocycles. The van der Waals surface area contributed by atoms with Crippen LogP contribution in [0.4, 0.5) is 0 Å². The lowest BCUT2D eigenvalue weighted by molar-refractivity contribution is -0.144. The topological polar surface area (TPSA) is 177 Å². The van der Waals surface area contributed by atoms with Gasteiger partial charge in [0.15, 0.2) is 6.10 Å². The highest BCUT2D eigenvalue weighted by Gasteiger charge is 2.32. The summed E-state index contributed by atoms with van der Waals surface area (Å²) in [7, 11) is -2.72. The average molecular weight is 526 g/mol. The number of phenols is 1. The van der Waals surface area contributed by atoms with Crippen LogP contribution in [0.5, 0.6) is 11.5 Å².